The molecule has 4 rings (SSSR count). The lowest BCUT2D eigenvalue weighted by Crippen LogP contribution is -2.11. The first-order chi connectivity index (χ1) is 18.8. The van der Waals surface area contributed by atoms with E-state index in [4.69, 9.17) is 14.6 Å². The number of ether oxygens (including phenoxy) is 2. The third-order valence-corrected chi connectivity index (χ3v) is 6.54. The molecule has 202 valence electrons. The standard InChI is InChI=1S/C31H30O8/c32-27-18-25(39-24-3-1-2-4-24)12-13-26(27)31(37)23-10-14-28(22(17-23)11-16-30(35)36)38-19-21-7-5-20(6-8-21)9-15-29(33)34/h5-10,12-15,17-18,24,32H,1-4,11,16,19H2,(H,33,34)(H,35,36). The summed E-state index contributed by atoms with van der Waals surface area (Å²) >= 11 is 0. The van der Waals surface area contributed by atoms with Crippen molar-refractivity contribution in [1.29, 1.82) is 0 Å². The van der Waals surface area contributed by atoms with Crippen molar-refractivity contribution >= 4 is 23.8 Å². The van der Waals surface area contributed by atoms with Crippen LogP contribution in [-0.4, -0.2) is 39.1 Å². The molecule has 0 bridgehead atoms. The molecular weight excluding hydrogens is 500 g/mol. The van der Waals surface area contributed by atoms with Crippen LogP contribution >= 0.6 is 0 Å². The second kappa shape index (κ2) is 12.8. The van der Waals surface area contributed by atoms with Crippen molar-refractivity contribution in [3.8, 4) is 17.2 Å². The SMILES string of the molecule is O=C(O)C=Cc1ccc(COc2ccc(C(=O)c3ccc(OC4CCCC4)cc3O)cc2CCC(=O)O)cc1. The Bertz CT molecular complexity index is 1370. The minimum absolute atomic E-state index is 0.127. The molecule has 0 heterocycles. The number of benzene rings is 3. The van der Waals surface area contributed by atoms with Crippen molar-refractivity contribution in [3.63, 3.8) is 0 Å². The van der Waals surface area contributed by atoms with Crippen molar-refractivity contribution in [2.45, 2.75) is 51.2 Å². The fourth-order valence-corrected chi connectivity index (χ4v) is 4.48. The summed E-state index contributed by atoms with van der Waals surface area (Å²) in [6.07, 6.45) is 6.88. The highest BCUT2D eigenvalue weighted by Crippen LogP contribution is 2.31. The van der Waals surface area contributed by atoms with Crippen LogP contribution in [0.4, 0.5) is 0 Å². The monoisotopic (exact) mass is 530 g/mol. The number of carboxylic acids is 2. The third kappa shape index (κ3) is 7.70. The van der Waals surface area contributed by atoms with Crippen LogP contribution in [0.1, 0.15) is 64.7 Å². The summed E-state index contributed by atoms with van der Waals surface area (Å²) in [5.41, 5.74) is 2.55. The number of carbonyl (C=O) groups excluding carboxylic acids is 1. The van der Waals surface area contributed by atoms with E-state index in [1.807, 2.05) is 0 Å². The van der Waals surface area contributed by atoms with E-state index in [1.54, 1.807) is 54.6 Å². The lowest BCUT2D eigenvalue weighted by molar-refractivity contribution is -0.137. The molecule has 0 unspecified atom stereocenters. The van der Waals surface area contributed by atoms with Crippen molar-refractivity contribution in [2.75, 3.05) is 0 Å². The quantitative estimate of drug-likeness (QED) is 0.203. The van der Waals surface area contributed by atoms with E-state index in [0.717, 1.165) is 42.9 Å². The van der Waals surface area contributed by atoms with Gasteiger partial charge in [-0.1, -0.05) is 24.3 Å². The molecule has 0 aliphatic heterocycles. The van der Waals surface area contributed by atoms with Crippen LogP contribution in [0.2, 0.25) is 0 Å². The maximum absolute atomic E-state index is 13.2. The fraction of sp³-hybridized carbons (Fsp3) is 0.258. The van der Waals surface area contributed by atoms with Gasteiger partial charge in [-0.05, 0) is 85.2 Å². The zero-order valence-corrected chi connectivity index (χ0v) is 21.3. The predicted octanol–water partition coefficient (Wildman–Crippen LogP) is 5.64. The third-order valence-electron chi connectivity index (χ3n) is 6.54. The Balaban J connectivity index is 1.49. The topological polar surface area (TPSA) is 130 Å². The number of hydrogen-bond donors (Lipinski definition) is 3. The maximum atomic E-state index is 13.2. The molecule has 1 aliphatic rings. The first kappa shape index (κ1) is 27.4. The van der Waals surface area contributed by atoms with Gasteiger partial charge in [0.1, 0.15) is 23.9 Å². The largest absolute Gasteiger partial charge is 0.507 e. The molecule has 8 heteroatoms. The van der Waals surface area contributed by atoms with E-state index in [9.17, 15) is 24.6 Å². The van der Waals surface area contributed by atoms with Gasteiger partial charge in [0, 0.05) is 24.1 Å². The van der Waals surface area contributed by atoms with Gasteiger partial charge in [-0.15, -0.1) is 0 Å². The summed E-state index contributed by atoms with van der Waals surface area (Å²) < 4.78 is 11.9. The van der Waals surface area contributed by atoms with Crippen LogP contribution < -0.4 is 9.47 Å². The van der Waals surface area contributed by atoms with E-state index in [2.05, 4.69) is 0 Å². The van der Waals surface area contributed by atoms with Gasteiger partial charge in [-0.25, -0.2) is 4.79 Å². The predicted molar refractivity (Wildman–Crippen MR) is 144 cm³/mol. The Labute approximate surface area is 226 Å². The molecule has 39 heavy (non-hydrogen) atoms. The Morgan fingerprint density at radius 1 is 0.923 bits per heavy atom. The zero-order chi connectivity index (χ0) is 27.8. The Kier molecular flexibility index (Phi) is 8.99. The van der Waals surface area contributed by atoms with E-state index in [-0.39, 0.29) is 36.9 Å². The molecule has 1 aliphatic carbocycles. The smallest absolute Gasteiger partial charge is 0.328 e. The minimum Gasteiger partial charge on any atom is -0.507 e. The van der Waals surface area contributed by atoms with Crippen LogP contribution in [-0.2, 0) is 22.6 Å². The van der Waals surface area contributed by atoms with Crippen LogP contribution in [0, 0.1) is 0 Å². The number of aryl methyl sites for hydroxylation is 1. The number of carboxylic acid groups (broad SMARTS) is 2. The summed E-state index contributed by atoms with van der Waals surface area (Å²) in [7, 11) is 0. The number of aromatic hydroxyl groups is 1. The summed E-state index contributed by atoms with van der Waals surface area (Å²) in [5.74, 6) is -1.60. The van der Waals surface area contributed by atoms with Crippen LogP contribution in [0.5, 0.6) is 17.2 Å². The summed E-state index contributed by atoms with van der Waals surface area (Å²) in [6.45, 7) is 0.194. The highest BCUT2D eigenvalue weighted by molar-refractivity contribution is 6.11. The number of rotatable bonds is 12. The summed E-state index contributed by atoms with van der Waals surface area (Å²) in [5, 5.41) is 28.5. The number of ketones is 1. The van der Waals surface area contributed by atoms with Gasteiger partial charge in [0.15, 0.2) is 5.78 Å². The molecule has 0 aromatic heterocycles. The number of hydrogen-bond acceptors (Lipinski definition) is 6. The van der Waals surface area contributed by atoms with Gasteiger partial charge in [0.25, 0.3) is 0 Å². The molecule has 3 N–H and O–H groups in total. The second-order valence-electron chi connectivity index (χ2n) is 9.45. The fourth-order valence-electron chi connectivity index (χ4n) is 4.48. The first-order valence-corrected chi connectivity index (χ1v) is 12.8. The molecule has 1 saturated carbocycles. The maximum Gasteiger partial charge on any atom is 0.328 e. The average Bonchev–Trinajstić information content (AvgIpc) is 3.43. The molecule has 0 amide bonds. The Morgan fingerprint density at radius 2 is 1.67 bits per heavy atom. The minimum atomic E-state index is -1.03. The van der Waals surface area contributed by atoms with Gasteiger partial charge in [0.2, 0.25) is 0 Å². The van der Waals surface area contributed by atoms with Crippen LogP contribution in [0.3, 0.4) is 0 Å². The van der Waals surface area contributed by atoms with E-state index in [0.29, 0.717) is 22.6 Å². The van der Waals surface area contributed by atoms with Crippen LogP contribution in [0.25, 0.3) is 6.08 Å². The summed E-state index contributed by atoms with van der Waals surface area (Å²) in [6, 6.07) is 16.6. The van der Waals surface area contributed by atoms with Gasteiger partial charge in [-0.3, -0.25) is 9.59 Å². The molecule has 0 atom stereocenters. The average molecular weight is 531 g/mol. The Hall–Kier alpha value is -4.59. The van der Waals surface area contributed by atoms with E-state index < -0.39 is 17.7 Å². The van der Waals surface area contributed by atoms with Crippen LogP contribution in [0.15, 0.2) is 66.7 Å². The second-order valence-corrected chi connectivity index (χ2v) is 9.45. The number of phenols is 1. The first-order valence-electron chi connectivity index (χ1n) is 12.8. The van der Waals surface area contributed by atoms with Gasteiger partial charge >= 0.3 is 11.9 Å². The normalized spacial score (nSPS) is 13.4. The zero-order valence-electron chi connectivity index (χ0n) is 21.3. The van der Waals surface area contributed by atoms with Crippen molar-refractivity contribution in [1.82, 2.24) is 0 Å². The number of carbonyl (C=O) groups is 3. The lowest BCUT2D eigenvalue weighted by Gasteiger charge is -2.15. The molecule has 0 radical (unpaired) electrons. The van der Waals surface area contributed by atoms with Gasteiger partial charge < -0.3 is 24.8 Å². The van der Waals surface area contributed by atoms with Crippen molar-refractivity contribution in [3.05, 3.63) is 94.6 Å². The molecule has 1 fully saturated rings. The van der Waals surface area contributed by atoms with Crippen molar-refractivity contribution in [2.24, 2.45) is 0 Å². The van der Waals surface area contributed by atoms with E-state index in [1.165, 1.54) is 12.1 Å². The van der Waals surface area contributed by atoms with Crippen molar-refractivity contribution < 1.29 is 39.2 Å². The summed E-state index contributed by atoms with van der Waals surface area (Å²) in [4.78, 5) is 35.1. The molecule has 3 aromatic carbocycles. The van der Waals surface area contributed by atoms with E-state index >= 15 is 0 Å². The van der Waals surface area contributed by atoms with Gasteiger partial charge in [-0.2, -0.15) is 0 Å². The molecule has 3 aromatic rings. The highest BCUT2D eigenvalue weighted by atomic mass is 16.5. The Morgan fingerprint density at radius 3 is 2.33 bits per heavy atom. The number of phenolic OH excluding ortho intramolecular Hbond substituents is 1. The highest BCUT2D eigenvalue weighted by Gasteiger charge is 2.20. The number of aliphatic carboxylic acids is 2. The lowest BCUT2D eigenvalue weighted by atomic mass is 9.98. The molecule has 0 spiro atoms. The van der Waals surface area contributed by atoms with Gasteiger partial charge in [0.05, 0.1) is 11.7 Å². The molecule has 0 saturated heterocycles. The molecular formula is C31H30O8. The molecule has 8 nitrogen and oxygen atoms in total.